The topological polar surface area (TPSA) is 50.3 Å². The molecule has 0 bridgehead atoms. The van der Waals surface area contributed by atoms with Crippen LogP contribution in [0.15, 0.2) is 24.4 Å². The van der Waals surface area contributed by atoms with Gasteiger partial charge >= 0.3 is 0 Å². The molecule has 0 N–H and O–H groups in total. The number of carbonyl (C=O) groups is 2. The summed E-state index contributed by atoms with van der Waals surface area (Å²) in [7, 11) is 0. The molecule has 2 aromatic rings. The molecule has 0 radical (unpaired) electrons. The maximum atomic E-state index is 12.2. The molecule has 1 aromatic carbocycles. The summed E-state index contributed by atoms with van der Waals surface area (Å²) >= 11 is 6.35. The molecule has 126 valence electrons. The Kier molecular flexibility index (Phi) is 4.86. The van der Waals surface area contributed by atoms with Gasteiger partial charge in [0.05, 0.1) is 16.2 Å². The second kappa shape index (κ2) is 6.89. The van der Waals surface area contributed by atoms with Crippen LogP contribution in [0.25, 0.3) is 10.9 Å². The van der Waals surface area contributed by atoms with Crippen molar-refractivity contribution in [2.24, 2.45) is 5.92 Å². The van der Waals surface area contributed by atoms with E-state index in [2.05, 4.69) is 9.88 Å². The number of aromatic nitrogens is 1. The Hall–Kier alpha value is -1.94. The zero-order valence-corrected chi connectivity index (χ0v) is 14.8. The van der Waals surface area contributed by atoms with Gasteiger partial charge in [-0.1, -0.05) is 11.6 Å². The van der Waals surface area contributed by atoms with E-state index in [-0.39, 0.29) is 11.6 Å². The van der Waals surface area contributed by atoms with Crippen molar-refractivity contribution in [3.8, 4) is 0 Å². The smallest absolute Gasteiger partial charge is 0.162 e. The predicted molar refractivity (Wildman–Crippen MR) is 97.0 cm³/mol. The van der Waals surface area contributed by atoms with Gasteiger partial charge in [-0.15, -0.1) is 0 Å². The molecule has 1 fully saturated rings. The molecule has 1 aliphatic rings. The van der Waals surface area contributed by atoms with Gasteiger partial charge in [0.15, 0.2) is 5.78 Å². The minimum atomic E-state index is -0.00897. The maximum Gasteiger partial charge on any atom is 0.162 e. The molecule has 0 aliphatic carbocycles. The van der Waals surface area contributed by atoms with E-state index in [0.29, 0.717) is 22.9 Å². The third kappa shape index (κ3) is 3.29. The second-order valence-corrected chi connectivity index (χ2v) is 6.95. The first-order valence-corrected chi connectivity index (χ1v) is 8.67. The molecule has 0 spiro atoms. The van der Waals surface area contributed by atoms with Gasteiger partial charge in [0.25, 0.3) is 0 Å². The lowest BCUT2D eigenvalue weighted by Gasteiger charge is -2.34. The summed E-state index contributed by atoms with van der Waals surface area (Å²) in [4.78, 5) is 30.2. The quantitative estimate of drug-likeness (QED) is 0.776. The molecule has 5 heteroatoms. The summed E-state index contributed by atoms with van der Waals surface area (Å²) in [5.74, 6) is 0.674. The van der Waals surface area contributed by atoms with Gasteiger partial charge in [0, 0.05) is 36.7 Å². The predicted octanol–water partition coefficient (Wildman–Crippen LogP) is 4.29. The number of ketones is 2. The third-order valence-electron chi connectivity index (χ3n) is 4.70. The number of fused-ring (bicyclic) bond motifs is 1. The zero-order chi connectivity index (χ0) is 17.3. The number of benzene rings is 1. The number of halogens is 1. The monoisotopic (exact) mass is 344 g/mol. The molecule has 1 aliphatic heterocycles. The number of nitrogens with zero attached hydrogens (tertiary/aromatic N) is 2. The molecule has 2 heterocycles. The molecular weight excluding hydrogens is 324 g/mol. The fraction of sp³-hybridized carbons (Fsp3) is 0.421. The van der Waals surface area contributed by atoms with Gasteiger partial charge < -0.3 is 9.69 Å². The Labute approximate surface area is 146 Å². The van der Waals surface area contributed by atoms with Crippen molar-refractivity contribution >= 4 is 39.8 Å². The fourth-order valence-corrected chi connectivity index (χ4v) is 3.80. The highest BCUT2D eigenvalue weighted by Crippen LogP contribution is 2.37. The summed E-state index contributed by atoms with van der Waals surface area (Å²) in [6, 6.07) is 5.54. The fourth-order valence-electron chi connectivity index (χ4n) is 3.54. The SMILES string of the molecule is CC(=O)CC1CCN(c2c(C(C)=O)cc(Cl)c3cccnc23)CC1. The van der Waals surface area contributed by atoms with Gasteiger partial charge in [0.2, 0.25) is 0 Å². The Balaban J connectivity index is 2.00. The van der Waals surface area contributed by atoms with Gasteiger partial charge in [-0.2, -0.15) is 0 Å². The third-order valence-corrected chi connectivity index (χ3v) is 5.01. The molecule has 24 heavy (non-hydrogen) atoms. The van der Waals surface area contributed by atoms with Crippen LogP contribution in [0.4, 0.5) is 5.69 Å². The Morgan fingerprint density at radius 2 is 2.00 bits per heavy atom. The number of anilines is 1. The first kappa shape index (κ1) is 16.9. The van der Waals surface area contributed by atoms with E-state index in [1.807, 2.05) is 12.1 Å². The number of hydrogen-bond donors (Lipinski definition) is 0. The first-order valence-electron chi connectivity index (χ1n) is 8.30. The second-order valence-electron chi connectivity index (χ2n) is 6.55. The molecule has 4 nitrogen and oxygen atoms in total. The lowest BCUT2D eigenvalue weighted by atomic mass is 9.91. The molecule has 1 saturated heterocycles. The highest BCUT2D eigenvalue weighted by atomic mass is 35.5. The van der Waals surface area contributed by atoms with Gasteiger partial charge in [0.1, 0.15) is 5.78 Å². The molecule has 0 unspecified atom stereocenters. The van der Waals surface area contributed by atoms with Crippen molar-refractivity contribution in [3.05, 3.63) is 35.0 Å². The number of pyridine rings is 1. The van der Waals surface area contributed by atoms with Gasteiger partial charge in [-0.3, -0.25) is 9.78 Å². The number of hydrogen-bond acceptors (Lipinski definition) is 4. The number of Topliss-reactive ketones (excluding diaryl/α,β-unsaturated/α-hetero) is 2. The minimum absolute atomic E-state index is 0.00897. The summed E-state index contributed by atoms with van der Waals surface area (Å²) in [5.41, 5.74) is 2.28. The summed E-state index contributed by atoms with van der Waals surface area (Å²) in [5, 5.41) is 1.42. The normalized spacial score (nSPS) is 15.7. The van der Waals surface area contributed by atoms with Crippen LogP contribution >= 0.6 is 11.6 Å². The summed E-state index contributed by atoms with van der Waals surface area (Å²) in [6.07, 6.45) is 4.28. The van der Waals surface area contributed by atoms with Crippen LogP contribution < -0.4 is 4.90 Å². The van der Waals surface area contributed by atoms with E-state index < -0.39 is 0 Å². The minimum Gasteiger partial charge on any atom is -0.369 e. The van der Waals surface area contributed by atoms with E-state index in [9.17, 15) is 9.59 Å². The van der Waals surface area contributed by atoms with Crippen LogP contribution in [0.5, 0.6) is 0 Å². The van der Waals surface area contributed by atoms with E-state index in [1.165, 1.54) is 0 Å². The highest BCUT2D eigenvalue weighted by Gasteiger charge is 2.25. The van der Waals surface area contributed by atoms with Crippen LogP contribution in [-0.2, 0) is 4.79 Å². The zero-order valence-electron chi connectivity index (χ0n) is 14.0. The largest absolute Gasteiger partial charge is 0.369 e. The average molecular weight is 345 g/mol. The van der Waals surface area contributed by atoms with E-state index in [1.54, 1.807) is 26.1 Å². The van der Waals surface area contributed by atoms with Crippen LogP contribution in [-0.4, -0.2) is 29.6 Å². The number of piperidine rings is 1. The molecular formula is C19H21ClN2O2. The maximum absolute atomic E-state index is 12.2. The Bertz CT molecular complexity index is 795. The van der Waals surface area contributed by atoms with Gasteiger partial charge in [-0.05, 0) is 50.8 Å². The summed E-state index contributed by atoms with van der Waals surface area (Å²) < 4.78 is 0. The van der Waals surface area contributed by atoms with Crippen LogP contribution in [0.3, 0.4) is 0 Å². The average Bonchev–Trinajstić information content (AvgIpc) is 2.55. The van der Waals surface area contributed by atoms with E-state index >= 15 is 0 Å². The van der Waals surface area contributed by atoms with Crippen molar-refractivity contribution in [2.75, 3.05) is 18.0 Å². The van der Waals surface area contributed by atoms with Crippen molar-refractivity contribution in [3.63, 3.8) is 0 Å². The van der Waals surface area contributed by atoms with Crippen molar-refractivity contribution in [2.45, 2.75) is 33.1 Å². The number of rotatable bonds is 4. The van der Waals surface area contributed by atoms with Crippen molar-refractivity contribution < 1.29 is 9.59 Å². The van der Waals surface area contributed by atoms with Crippen LogP contribution in [0.2, 0.25) is 5.02 Å². The summed E-state index contributed by atoms with van der Waals surface area (Å²) in [6.45, 7) is 4.86. The van der Waals surface area contributed by atoms with Crippen molar-refractivity contribution in [1.82, 2.24) is 4.98 Å². The lowest BCUT2D eigenvalue weighted by molar-refractivity contribution is -0.118. The lowest BCUT2D eigenvalue weighted by Crippen LogP contribution is -2.35. The van der Waals surface area contributed by atoms with Crippen LogP contribution in [0, 0.1) is 5.92 Å². The van der Waals surface area contributed by atoms with Gasteiger partial charge in [-0.25, -0.2) is 0 Å². The standard InChI is InChI=1S/C19H21ClN2O2/c1-12(23)10-14-5-8-22(9-6-14)19-16(13(2)24)11-17(20)15-4-3-7-21-18(15)19/h3-4,7,11,14H,5-6,8-10H2,1-2H3. The molecule has 1 aromatic heterocycles. The Morgan fingerprint density at radius 1 is 1.29 bits per heavy atom. The van der Waals surface area contributed by atoms with Crippen molar-refractivity contribution in [1.29, 1.82) is 0 Å². The first-order chi connectivity index (χ1) is 11.5. The molecule has 0 amide bonds. The van der Waals surface area contributed by atoms with E-state index in [4.69, 9.17) is 11.6 Å². The highest BCUT2D eigenvalue weighted by molar-refractivity contribution is 6.36. The number of carbonyl (C=O) groups excluding carboxylic acids is 2. The Morgan fingerprint density at radius 3 is 2.62 bits per heavy atom. The molecule has 0 atom stereocenters. The molecule has 0 saturated carbocycles. The van der Waals surface area contributed by atoms with Crippen LogP contribution in [0.1, 0.15) is 43.5 Å². The molecule has 3 rings (SSSR count). The van der Waals surface area contributed by atoms with E-state index in [0.717, 1.165) is 42.5 Å².